The second-order valence-corrected chi connectivity index (χ2v) is 9.18. The third kappa shape index (κ3) is 6.72. The summed E-state index contributed by atoms with van der Waals surface area (Å²) in [6.07, 6.45) is 0.776. The van der Waals surface area contributed by atoms with Crippen LogP contribution >= 0.6 is 23.2 Å². The molecule has 0 saturated carbocycles. The van der Waals surface area contributed by atoms with Gasteiger partial charge in [0.1, 0.15) is 12.4 Å². The zero-order chi connectivity index (χ0) is 21.6. The Morgan fingerprint density at radius 3 is 2.30 bits per heavy atom. The van der Waals surface area contributed by atoms with E-state index >= 15 is 0 Å². The van der Waals surface area contributed by atoms with Crippen molar-refractivity contribution in [3.63, 3.8) is 0 Å². The van der Waals surface area contributed by atoms with Gasteiger partial charge in [-0.15, -0.1) is 0 Å². The van der Waals surface area contributed by atoms with Gasteiger partial charge in [0.15, 0.2) is 0 Å². The first-order valence-corrected chi connectivity index (χ1v) is 11.6. The van der Waals surface area contributed by atoms with Crippen LogP contribution < -0.4 is 15.2 Å². The molecular formula is C22H22Cl2N2O3S. The van der Waals surface area contributed by atoms with Crippen LogP contribution in [-0.2, 0) is 29.6 Å². The standard InChI is InChI=1S/C22H22Cl2N2O3S/c23-21-9-6-18(13-22(21)24)15-29-19-3-1-2-17(12-19)14-26-11-10-16-4-7-20(8-5-16)30(25,27)28/h1-9,12-13,26H,10-11,14-15H2,(H2,25,27,28). The van der Waals surface area contributed by atoms with Gasteiger partial charge in [0, 0.05) is 6.54 Å². The topological polar surface area (TPSA) is 81.4 Å². The maximum Gasteiger partial charge on any atom is 0.238 e. The number of ether oxygens (including phenoxy) is 1. The second kappa shape index (κ2) is 10.3. The average molecular weight is 465 g/mol. The Morgan fingerprint density at radius 2 is 1.60 bits per heavy atom. The minimum atomic E-state index is -3.65. The molecule has 0 aromatic heterocycles. The molecule has 0 amide bonds. The Kier molecular flexibility index (Phi) is 7.75. The van der Waals surface area contributed by atoms with E-state index in [9.17, 15) is 8.42 Å². The summed E-state index contributed by atoms with van der Waals surface area (Å²) in [7, 11) is -3.65. The number of halogens is 2. The number of rotatable bonds is 9. The summed E-state index contributed by atoms with van der Waals surface area (Å²) in [6, 6.07) is 19.9. The van der Waals surface area contributed by atoms with Gasteiger partial charge in [0.05, 0.1) is 14.9 Å². The fourth-order valence-electron chi connectivity index (χ4n) is 2.85. The van der Waals surface area contributed by atoms with E-state index in [1.165, 1.54) is 12.1 Å². The summed E-state index contributed by atoms with van der Waals surface area (Å²) in [4.78, 5) is 0.122. The van der Waals surface area contributed by atoms with Crippen LogP contribution in [0.1, 0.15) is 16.7 Å². The number of primary sulfonamides is 1. The van der Waals surface area contributed by atoms with Crippen molar-refractivity contribution in [3.05, 3.63) is 93.5 Å². The highest BCUT2D eigenvalue weighted by Crippen LogP contribution is 2.23. The van der Waals surface area contributed by atoms with Crippen LogP contribution in [0.5, 0.6) is 5.75 Å². The SMILES string of the molecule is NS(=O)(=O)c1ccc(CCNCc2cccc(OCc3ccc(Cl)c(Cl)c3)c2)cc1. The molecule has 30 heavy (non-hydrogen) atoms. The van der Waals surface area contributed by atoms with Crippen LogP contribution in [0.2, 0.25) is 10.0 Å². The Bertz CT molecular complexity index is 1100. The predicted octanol–water partition coefficient (Wildman–Crippen LogP) is 4.55. The zero-order valence-electron chi connectivity index (χ0n) is 16.1. The van der Waals surface area contributed by atoms with E-state index < -0.39 is 10.0 Å². The Morgan fingerprint density at radius 1 is 0.867 bits per heavy atom. The molecule has 0 bridgehead atoms. The van der Waals surface area contributed by atoms with Crippen LogP contribution in [0, 0.1) is 0 Å². The molecule has 0 heterocycles. The van der Waals surface area contributed by atoms with Gasteiger partial charge in [-0.05, 0) is 66.1 Å². The van der Waals surface area contributed by atoms with Gasteiger partial charge in [-0.2, -0.15) is 0 Å². The highest BCUT2D eigenvalue weighted by atomic mass is 35.5. The van der Waals surface area contributed by atoms with Crippen molar-refractivity contribution in [1.29, 1.82) is 0 Å². The molecular weight excluding hydrogens is 443 g/mol. The summed E-state index contributed by atoms with van der Waals surface area (Å²) in [5, 5.41) is 9.52. The first-order valence-electron chi connectivity index (χ1n) is 9.29. The summed E-state index contributed by atoms with van der Waals surface area (Å²) in [6.45, 7) is 1.85. The monoisotopic (exact) mass is 464 g/mol. The van der Waals surface area contributed by atoms with E-state index in [1.54, 1.807) is 24.3 Å². The normalized spacial score (nSPS) is 11.4. The highest BCUT2D eigenvalue weighted by molar-refractivity contribution is 7.89. The lowest BCUT2D eigenvalue weighted by Gasteiger charge is -2.10. The van der Waals surface area contributed by atoms with Crippen molar-refractivity contribution in [2.45, 2.75) is 24.5 Å². The van der Waals surface area contributed by atoms with Crippen LogP contribution in [0.25, 0.3) is 0 Å². The van der Waals surface area contributed by atoms with E-state index in [4.69, 9.17) is 33.1 Å². The summed E-state index contributed by atoms with van der Waals surface area (Å²) in [5.41, 5.74) is 3.08. The molecule has 0 radical (unpaired) electrons. The minimum Gasteiger partial charge on any atom is -0.489 e. The van der Waals surface area contributed by atoms with Gasteiger partial charge in [-0.1, -0.05) is 53.5 Å². The molecule has 5 nitrogen and oxygen atoms in total. The van der Waals surface area contributed by atoms with Crippen LogP contribution in [0.15, 0.2) is 71.6 Å². The van der Waals surface area contributed by atoms with Gasteiger partial charge >= 0.3 is 0 Å². The first-order chi connectivity index (χ1) is 14.3. The molecule has 0 aliphatic heterocycles. The molecule has 8 heteroatoms. The third-order valence-electron chi connectivity index (χ3n) is 4.46. The van der Waals surface area contributed by atoms with Crippen LogP contribution in [-0.4, -0.2) is 15.0 Å². The van der Waals surface area contributed by atoms with Gasteiger partial charge in [0.2, 0.25) is 10.0 Å². The molecule has 0 saturated heterocycles. The van der Waals surface area contributed by atoms with Gasteiger partial charge in [-0.25, -0.2) is 13.6 Å². The lowest BCUT2D eigenvalue weighted by molar-refractivity contribution is 0.306. The molecule has 3 rings (SSSR count). The average Bonchev–Trinajstić information content (AvgIpc) is 2.72. The maximum atomic E-state index is 11.3. The molecule has 0 unspecified atom stereocenters. The number of nitrogens with one attached hydrogen (secondary N) is 1. The van der Waals surface area contributed by atoms with E-state index in [0.717, 1.165) is 35.4 Å². The van der Waals surface area contributed by atoms with Crippen molar-refractivity contribution in [1.82, 2.24) is 5.32 Å². The van der Waals surface area contributed by atoms with E-state index in [2.05, 4.69) is 5.32 Å². The van der Waals surface area contributed by atoms with Crippen molar-refractivity contribution in [3.8, 4) is 5.75 Å². The van der Waals surface area contributed by atoms with Crippen LogP contribution in [0.4, 0.5) is 0 Å². The van der Waals surface area contributed by atoms with E-state index in [1.807, 2.05) is 30.3 Å². The molecule has 0 fully saturated rings. The second-order valence-electron chi connectivity index (χ2n) is 6.80. The lowest BCUT2D eigenvalue weighted by atomic mass is 10.1. The number of sulfonamides is 1. The molecule has 158 valence electrons. The molecule has 0 spiro atoms. The fraction of sp³-hybridized carbons (Fsp3) is 0.182. The third-order valence-corrected chi connectivity index (χ3v) is 6.13. The quantitative estimate of drug-likeness (QED) is 0.455. The molecule has 0 aliphatic carbocycles. The van der Waals surface area contributed by atoms with E-state index in [-0.39, 0.29) is 4.90 Å². The van der Waals surface area contributed by atoms with Crippen molar-refractivity contribution in [2.75, 3.05) is 6.54 Å². The summed E-state index contributed by atoms with van der Waals surface area (Å²) >= 11 is 12.0. The smallest absolute Gasteiger partial charge is 0.238 e. The van der Waals surface area contributed by atoms with Crippen molar-refractivity contribution < 1.29 is 13.2 Å². The number of hydrogen-bond donors (Lipinski definition) is 2. The van der Waals surface area contributed by atoms with Gasteiger partial charge in [0.25, 0.3) is 0 Å². The van der Waals surface area contributed by atoms with Gasteiger partial charge in [-0.3, -0.25) is 0 Å². The molecule has 3 aromatic rings. The molecule has 3 N–H and O–H groups in total. The van der Waals surface area contributed by atoms with Crippen molar-refractivity contribution in [2.24, 2.45) is 5.14 Å². The predicted molar refractivity (Wildman–Crippen MR) is 120 cm³/mol. The maximum absolute atomic E-state index is 11.3. The molecule has 0 aliphatic rings. The fourth-order valence-corrected chi connectivity index (χ4v) is 3.69. The first kappa shape index (κ1) is 22.6. The largest absolute Gasteiger partial charge is 0.489 e. The Labute approximate surface area is 186 Å². The lowest BCUT2D eigenvalue weighted by Crippen LogP contribution is -2.17. The van der Waals surface area contributed by atoms with Gasteiger partial charge < -0.3 is 10.1 Å². The number of hydrogen-bond acceptors (Lipinski definition) is 4. The summed E-state index contributed by atoms with van der Waals surface area (Å²) < 4.78 is 28.4. The summed E-state index contributed by atoms with van der Waals surface area (Å²) in [5.74, 6) is 0.777. The van der Waals surface area contributed by atoms with E-state index in [0.29, 0.717) is 23.2 Å². The zero-order valence-corrected chi connectivity index (χ0v) is 18.5. The number of nitrogens with two attached hydrogens (primary N) is 1. The van der Waals surface area contributed by atoms with Crippen molar-refractivity contribution >= 4 is 33.2 Å². The Balaban J connectivity index is 1.46. The Hall–Kier alpha value is -2.09. The highest BCUT2D eigenvalue weighted by Gasteiger charge is 2.06. The number of benzene rings is 3. The molecule has 0 atom stereocenters. The van der Waals surface area contributed by atoms with Crippen LogP contribution in [0.3, 0.4) is 0 Å². The minimum absolute atomic E-state index is 0.122. The molecule has 3 aromatic carbocycles.